The molecule has 9 heteroatoms. The molecule has 2 amide bonds. The third-order valence-electron chi connectivity index (χ3n) is 3.27. The lowest BCUT2D eigenvalue weighted by Gasteiger charge is -2.02. The van der Waals surface area contributed by atoms with Crippen molar-refractivity contribution in [2.45, 2.75) is 6.92 Å². The van der Waals surface area contributed by atoms with Crippen molar-refractivity contribution < 1.29 is 14.1 Å². The summed E-state index contributed by atoms with van der Waals surface area (Å²) in [5, 5.41) is 13.2. The fourth-order valence-corrected chi connectivity index (χ4v) is 2.29. The van der Waals surface area contributed by atoms with Crippen molar-refractivity contribution in [2.75, 3.05) is 5.32 Å². The van der Waals surface area contributed by atoms with Gasteiger partial charge in [-0.2, -0.15) is 5.10 Å². The second-order valence-corrected chi connectivity index (χ2v) is 5.41. The molecule has 2 heterocycles. The van der Waals surface area contributed by atoms with Crippen molar-refractivity contribution in [1.29, 1.82) is 0 Å². The van der Waals surface area contributed by atoms with Gasteiger partial charge < -0.3 is 15.6 Å². The molecule has 0 atom stereocenters. The second-order valence-electron chi connectivity index (χ2n) is 4.98. The Kier molecular flexibility index (Phi) is 4.05. The fraction of sp³-hybridized carbons (Fsp3) is 0.0667. The van der Waals surface area contributed by atoms with Crippen LogP contribution in [0.5, 0.6) is 0 Å². The van der Waals surface area contributed by atoms with E-state index >= 15 is 0 Å². The number of nitrogens with one attached hydrogen (secondary N) is 2. The van der Waals surface area contributed by atoms with Crippen LogP contribution in [-0.2, 0) is 0 Å². The summed E-state index contributed by atoms with van der Waals surface area (Å²) in [6, 6.07) is 8.42. The molecule has 2 aromatic heterocycles. The van der Waals surface area contributed by atoms with Gasteiger partial charge in [0.05, 0.1) is 11.4 Å². The summed E-state index contributed by atoms with van der Waals surface area (Å²) in [6.07, 6.45) is 0. The number of carbonyl (C=O) groups excluding carboxylic acids is 2. The number of nitrogens with two attached hydrogens (primary N) is 1. The maximum absolute atomic E-state index is 12.3. The summed E-state index contributed by atoms with van der Waals surface area (Å²) >= 11 is 5.93. The molecule has 122 valence electrons. The lowest BCUT2D eigenvalue weighted by atomic mass is 10.1. The van der Waals surface area contributed by atoms with Gasteiger partial charge in [0.25, 0.3) is 11.8 Å². The van der Waals surface area contributed by atoms with Crippen molar-refractivity contribution in [3.63, 3.8) is 0 Å². The highest BCUT2D eigenvalue weighted by atomic mass is 35.5. The number of hydrogen-bond donors (Lipinski definition) is 3. The van der Waals surface area contributed by atoms with E-state index in [1.165, 1.54) is 6.07 Å². The Morgan fingerprint density at radius 2 is 2.12 bits per heavy atom. The van der Waals surface area contributed by atoms with Gasteiger partial charge in [-0.15, -0.1) is 0 Å². The number of aromatic nitrogens is 3. The highest BCUT2D eigenvalue weighted by Gasteiger charge is 2.20. The highest BCUT2D eigenvalue weighted by molar-refractivity contribution is 6.30. The monoisotopic (exact) mass is 345 g/mol. The molecule has 3 rings (SSSR count). The number of anilines is 1. The molecule has 3 aromatic rings. The van der Waals surface area contributed by atoms with E-state index in [1.807, 2.05) is 0 Å². The molecule has 0 aliphatic carbocycles. The van der Waals surface area contributed by atoms with E-state index < -0.39 is 11.8 Å². The molecule has 0 fully saturated rings. The molecule has 0 spiro atoms. The summed E-state index contributed by atoms with van der Waals surface area (Å²) in [5.74, 6) is -0.921. The van der Waals surface area contributed by atoms with Crippen LogP contribution in [0.25, 0.3) is 11.3 Å². The number of primary amides is 1. The Balaban J connectivity index is 1.85. The summed E-state index contributed by atoms with van der Waals surface area (Å²) in [7, 11) is 0. The number of aromatic amines is 1. The van der Waals surface area contributed by atoms with Gasteiger partial charge in [0, 0.05) is 16.7 Å². The van der Waals surface area contributed by atoms with E-state index in [0.29, 0.717) is 22.0 Å². The first kappa shape index (κ1) is 15.8. The number of H-pyrrole nitrogens is 1. The molecule has 0 radical (unpaired) electrons. The average molecular weight is 346 g/mol. The van der Waals surface area contributed by atoms with Crippen molar-refractivity contribution in [1.82, 2.24) is 15.4 Å². The summed E-state index contributed by atoms with van der Waals surface area (Å²) in [5.41, 5.74) is 6.59. The molecular weight excluding hydrogens is 334 g/mol. The number of amides is 2. The van der Waals surface area contributed by atoms with Crippen LogP contribution in [0.3, 0.4) is 0 Å². The van der Waals surface area contributed by atoms with Crippen LogP contribution >= 0.6 is 11.6 Å². The third kappa shape index (κ3) is 2.99. The summed E-state index contributed by atoms with van der Waals surface area (Å²) in [6.45, 7) is 1.65. The van der Waals surface area contributed by atoms with E-state index in [2.05, 4.69) is 20.7 Å². The Bertz CT molecular complexity index is 931. The third-order valence-corrected chi connectivity index (χ3v) is 3.51. The molecule has 1 aromatic carbocycles. The Morgan fingerprint density at radius 1 is 1.33 bits per heavy atom. The van der Waals surface area contributed by atoms with Gasteiger partial charge in [-0.1, -0.05) is 28.9 Å². The maximum atomic E-state index is 12.3. The van der Waals surface area contributed by atoms with Crippen molar-refractivity contribution in [3.05, 3.63) is 52.4 Å². The van der Waals surface area contributed by atoms with Crippen molar-refractivity contribution in [2.24, 2.45) is 5.73 Å². The van der Waals surface area contributed by atoms with Crippen LogP contribution in [0.1, 0.15) is 26.7 Å². The predicted octanol–water partition coefficient (Wildman–Crippen LogP) is 2.38. The van der Waals surface area contributed by atoms with Gasteiger partial charge in [-0.05, 0) is 19.1 Å². The van der Waals surface area contributed by atoms with E-state index in [0.717, 1.165) is 0 Å². The summed E-state index contributed by atoms with van der Waals surface area (Å²) < 4.78 is 5.17. The van der Waals surface area contributed by atoms with E-state index in [1.54, 1.807) is 31.2 Å². The first-order valence-corrected chi connectivity index (χ1v) is 7.22. The lowest BCUT2D eigenvalue weighted by molar-refractivity contribution is 0.0996. The highest BCUT2D eigenvalue weighted by Crippen LogP contribution is 2.24. The zero-order valence-electron chi connectivity index (χ0n) is 12.5. The molecule has 0 unspecified atom stereocenters. The minimum absolute atomic E-state index is 0.0426. The van der Waals surface area contributed by atoms with Crippen molar-refractivity contribution >= 4 is 29.1 Å². The van der Waals surface area contributed by atoms with Crippen LogP contribution in [0.15, 0.2) is 34.9 Å². The van der Waals surface area contributed by atoms with Gasteiger partial charge in [0.15, 0.2) is 17.1 Å². The first-order valence-electron chi connectivity index (χ1n) is 6.84. The van der Waals surface area contributed by atoms with Gasteiger partial charge in [0.1, 0.15) is 0 Å². The number of nitrogens with zero attached hydrogens (tertiary/aromatic N) is 2. The minimum Gasteiger partial charge on any atom is -0.364 e. The molecule has 0 bridgehead atoms. The van der Waals surface area contributed by atoms with Crippen LogP contribution in [0.2, 0.25) is 5.02 Å². The maximum Gasteiger partial charge on any atom is 0.277 e. The molecular formula is C15H12ClN5O3. The number of carbonyl (C=O) groups is 2. The van der Waals surface area contributed by atoms with E-state index in [4.69, 9.17) is 21.9 Å². The van der Waals surface area contributed by atoms with Crippen LogP contribution in [0, 0.1) is 6.92 Å². The smallest absolute Gasteiger partial charge is 0.277 e. The van der Waals surface area contributed by atoms with Gasteiger partial charge in [0.2, 0.25) is 0 Å². The van der Waals surface area contributed by atoms with Crippen LogP contribution in [0.4, 0.5) is 5.69 Å². The number of rotatable bonds is 4. The van der Waals surface area contributed by atoms with Crippen LogP contribution < -0.4 is 11.1 Å². The van der Waals surface area contributed by atoms with E-state index in [9.17, 15) is 9.59 Å². The molecule has 8 nitrogen and oxygen atoms in total. The first-order chi connectivity index (χ1) is 11.5. The number of halogens is 1. The van der Waals surface area contributed by atoms with Gasteiger partial charge >= 0.3 is 0 Å². The van der Waals surface area contributed by atoms with Crippen molar-refractivity contribution in [3.8, 4) is 11.3 Å². The zero-order valence-corrected chi connectivity index (χ0v) is 13.2. The Morgan fingerprint density at radius 3 is 2.83 bits per heavy atom. The summed E-state index contributed by atoms with van der Waals surface area (Å²) in [4.78, 5) is 23.6. The molecule has 0 saturated heterocycles. The molecule has 4 N–H and O–H groups in total. The van der Waals surface area contributed by atoms with Crippen LogP contribution in [-0.4, -0.2) is 27.2 Å². The van der Waals surface area contributed by atoms with Gasteiger partial charge in [-0.25, -0.2) is 0 Å². The quantitative estimate of drug-likeness (QED) is 0.669. The SMILES string of the molecule is Cc1[nH]nc(C(N)=O)c1NC(=O)c1cc(-c2cccc(Cl)c2)on1. The van der Waals surface area contributed by atoms with E-state index in [-0.39, 0.29) is 17.1 Å². The number of hydrogen-bond acceptors (Lipinski definition) is 5. The minimum atomic E-state index is -0.755. The second kappa shape index (κ2) is 6.17. The molecule has 0 aliphatic heterocycles. The normalized spacial score (nSPS) is 10.6. The molecule has 24 heavy (non-hydrogen) atoms. The Hall–Kier alpha value is -3.13. The lowest BCUT2D eigenvalue weighted by Crippen LogP contribution is -2.18. The standard InChI is InChI=1S/C15H12ClN5O3/c1-7-12(13(14(17)22)20-19-7)18-15(23)10-6-11(24-21-10)8-3-2-4-9(16)5-8/h2-6H,1H3,(H2,17,22)(H,18,23)(H,19,20). The molecule has 0 saturated carbocycles. The molecule has 0 aliphatic rings. The average Bonchev–Trinajstić information content (AvgIpc) is 3.15. The zero-order chi connectivity index (χ0) is 17.3. The number of aryl methyl sites for hydroxylation is 1. The predicted molar refractivity (Wildman–Crippen MR) is 86.7 cm³/mol. The van der Waals surface area contributed by atoms with Gasteiger partial charge in [-0.3, -0.25) is 14.7 Å². The largest absolute Gasteiger partial charge is 0.364 e. The fourth-order valence-electron chi connectivity index (χ4n) is 2.10. The Labute approximate surface area is 141 Å². The topological polar surface area (TPSA) is 127 Å². The number of benzene rings is 1.